The van der Waals surface area contributed by atoms with Gasteiger partial charge in [0, 0.05) is 4.92 Å². The number of aliphatic hydroxyl groups excluding tert-OH is 1. The van der Waals surface area contributed by atoms with Crippen LogP contribution in [0, 0.1) is 16.0 Å². The van der Waals surface area contributed by atoms with Gasteiger partial charge in [-0.15, -0.1) is 0 Å². The van der Waals surface area contributed by atoms with Crippen LogP contribution in [-0.4, -0.2) is 39.8 Å². The van der Waals surface area contributed by atoms with Gasteiger partial charge in [-0.1, -0.05) is 32.1 Å². The Kier molecular flexibility index (Phi) is 6.31. The van der Waals surface area contributed by atoms with Crippen molar-refractivity contribution in [3.8, 4) is 0 Å². The minimum atomic E-state index is -1.73. The smallest absolute Gasteiger partial charge is 0.329 e. The standard InChI is InChI=1S/C15H28N2O5/c1-14(2,3)22-13(19)15(16,12(18)10-17(20)21)9-11-7-5-4-6-8-11/h11-12,18H,4-10,16H2,1-3H3. The van der Waals surface area contributed by atoms with Gasteiger partial charge in [-0.3, -0.25) is 10.1 Å². The number of aliphatic hydroxyl groups is 1. The van der Waals surface area contributed by atoms with Crippen molar-refractivity contribution in [2.45, 2.75) is 76.5 Å². The number of carbonyl (C=O) groups is 1. The zero-order chi connectivity index (χ0) is 17.0. The van der Waals surface area contributed by atoms with Crippen molar-refractivity contribution < 1.29 is 19.6 Å². The Morgan fingerprint density at radius 2 is 1.91 bits per heavy atom. The maximum Gasteiger partial charge on any atom is 0.329 e. The third-order valence-corrected chi connectivity index (χ3v) is 4.05. The molecular weight excluding hydrogens is 288 g/mol. The Hall–Kier alpha value is -1.21. The number of nitro groups is 1. The van der Waals surface area contributed by atoms with Crippen LogP contribution in [0.2, 0.25) is 0 Å². The van der Waals surface area contributed by atoms with Gasteiger partial charge in [-0.25, -0.2) is 4.79 Å². The van der Waals surface area contributed by atoms with E-state index in [2.05, 4.69) is 0 Å². The Morgan fingerprint density at radius 3 is 2.36 bits per heavy atom. The van der Waals surface area contributed by atoms with E-state index in [4.69, 9.17) is 10.5 Å². The molecule has 0 bridgehead atoms. The molecule has 0 amide bonds. The highest BCUT2D eigenvalue weighted by Gasteiger charge is 2.48. The van der Waals surface area contributed by atoms with Gasteiger partial charge in [0.15, 0.2) is 0 Å². The van der Waals surface area contributed by atoms with Gasteiger partial charge in [0.2, 0.25) is 6.54 Å². The molecule has 0 saturated heterocycles. The Morgan fingerprint density at radius 1 is 1.36 bits per heavy atom. The van der Waals surface area contributed by atoms with Crippen LogP contribution in [0.5, 0.6) is 0 Å². The summed E-state index contributed by atoms with van der Waals surface area (Å²) in [5.41, 5.74) is 3.65. The van der Waals surface area contributed by atoms with Gasteiger partial charge < -0.3 is 15.6 Å². The molecule has 0 heterocycles. The van der Waals surface area contributed by atoms with Crippen LogP contribution in [0.3, 0.4) is 0 Å². The monoisotopic (exact) mass is 316 g/mol. The van der Waals surface area contributed by atoms with Crippen LogP contribution in [0.1, 0.15) is 59.3 Å². The van der Waals surface area contributed by atoms with Crippen LogP contribution >= 0.6 is 0 Å². The molecule has 128 valence electrons. The van der Waals surface area contributed by atoms with E-state index in [0.29, 0.717) is 0 Å². The summed E-state index contributed by atoms with van der Waals surface area (Å²) in [6.07, 6.45) is 3.77. The van der Waals surface area contributed by atoms with E-state index in [-0.39, 0.29) is 12.3 Å². The van der Waals surface area contributed by atoms with Gasteiger partial charge in [0.1, 0.15) is 17.2 Å². The van der Waals surface area contributed by atoms with Crippen molar-refractivity contribution in [1.29, 1.82) is 0 Å². The fraction of sp³-hybridized carbons (Fsp3) is 0.933. The zero-order valence-electron chi connectivity index (χ0n) is 13.7. The predicted molar refractivity (Wildman–Crippen MR) is 81.8 cm³/mol. The van der Waals surface area contributed by atoms with Crippen molar-refractivity contribution >= 4 is 5.97 Å². The first-order valence-corrected chi connectivity index (χ1v) is 7.87. The lowest BCUT2D eigenvalue weighted by Crippen LogP contribution is -2.62. The molecule has 3 N–H and O–H groups in total. The van der Waals surface area contributed by atoms with Crippen molar-refractivity contribution in [2.24, 2.45) is 11.7 Å². The van der Waals surface area contributed by atoms with Crippen molar-refractivity contribution in [3.05, 3.63) is 10.1 Å². The van der Waals surface area contributed by atoms with Gasteiger partial charge in [0.25, 0.3) is 0 Å². The normalized spacial score (nSPS) is 21.0. The summed E-state index contributed by atoms with van der Waals surface area (Å²) in [4.78, 5) is 22.5. The first-order valence-electron chi connectivity index (χ1n) is 7.87. The molecule has 1 rings (SSSR count). The summed E-state index contributed by atoms with van der Waals surface area (Å²) < 4.78 is 5.30. The molecule has 0 radical (unpaired) electrons. The van der Waals surface area contributed by atoms with E-state index in [1.165, 1.54) is 0 Å². The number of hydrogen-bond donors (Lipinski definition) is 2. The highest BCUT2D eigenvalue weighted by atomic mass is 16.6. The highest BCUT2D eigenvalue weighted by molar-refractivity contribution is 5.81. The van der Waals surface area contributed by atoms with Gasteiger partial charge in [0.05, 0.1) is 0 Å². The molecule has 2 unspecified atom stereocenters. The molecule has 2 atom stereocenters. The third-order valence-electron chi connectivity index (χ3n) is 4.05. The van der Waals surface area contributed by atoms with Crippen LogP contribution in [0.4, 0.5) is 0 Å². The number of nitrogens with zero attached hydrogens (tertiary/aromatic N) is 1. The molecule has 0 aromatic heterocycles. The number of carbonyl (C=O) groups excluding carboxylic acids is 1. The molecule has 0 aromatic carbocycles. The molecule has 0 aliphatic heterocycles. The second kappa shape index (κ2) is 7.37. The Labute approximate surface area is 131 Å². The quantitative estimate of drug-likeness (QED) is 0.437. The van der Waals surface area contributed by atoms with E-state index in [1.54, 1.807) is 20.8 Å². The van der Waals surface area contributed by atoms with Gasteiger partial charge >= 0.3 is 5.97 Å². The maximum absolute atomic E-state index is 12.4. The summed E-state index contributed by atoms with van der Waals surface area (Å²) in [5.74, 6) is -0.576. The van der Waals surface area contributed by atoms with Crippen LogP contribution in [0.15, 0.2) is 0 Å². The van der Waals surface area contributed by atoms with E-state index in [9.17, 15) is 20.0 Å². The average molecular weight is 316 g/mol. The van der Waals surface area contributed by atoms with Crippen molar-refractivity contribution in [1.82, 2.24) is 0 Å². The number of rotatable bonds is 6. The van der Waals surface area contributed by atoms with E-state index >= 15 is 0 Å². The number of nitrogens with two attached hydrogens (primary N) is 1. The number of ether oxygens (including phenoxy) is 1. The molecule has 7 heteroatoms. The topological polar surface area (TPSA) is 116 Å². The molecule has 0 aromatic rings. The van der Waals surface area contributed by atoms with E-state index in [0.717, 1.165) is 32.1 Å². The number of esters is 1. The summed E-state index contributed by atoms with van der Waals surface area (Å²) in [6.45, 7) is 4.34. The summed E-state index contributed by atoms with van der Waals surface area (Å²) in [6, 6.07) is 0. The fourth-order valence-electron chi connectivity index (χ4n) is 2.90. The second-order valence-corrected chi connectivity index (χ2v) is 7.28. The average Bonchev–Trinajstić information content (AvgIpc) is 2.36. The molecule has 1 aliphatic carbocycles. The summed E-state index contributed by atoms with van der Waals surface area (Å²) in [7, 11) is 0. The minimum Gasteiger partial charge on any atom is -0.459 e. The van der Waals surface area contributed by atoms with Crippen LogP contribution < -0.4 is 5.73 Å². The predicted octanol–water partition coefficient (Wildman–Crippen LogP) is 1.63. The Balaban J connectivity index is 2.91. The molecule has 1 aliphatic rings. The van der Waals surface area contributed by atoms with Crippen LogP contribution in [-0.2, 0) is 9.53 Å². The fourth-order valence-corrected chi connectivity index (χ4v) is 2.90. The SMILES string of the molecule is CC(C)(C)OC(=O)C(N)(CC1CCCCC1)C(O)C[N+](=O)[O-]. The highest BCUT2D eigenvalue weighted by Crippen LogP contribution is 2.32. The third kappa shape index (κ3) is 5.53. The molecule has 1 fully saturated rings. The number of hydrogen-bond acceptors (Lipinski definition) is 6. The molecule has 0 spiro atoms. The largest absolute Gasteiger partial charge is 0.459 e. The first-order chi connectivity index (χ1) is 10.0. The zero-order valence-corrected chi connectivity index (χ0v) is 13.7. The summed E-state index contributed by atoms with van der Waals surface area (Å²) >= 11 is 0. The van der Waals surface area contributed by atoms with Crippen LogP contribution in [0.25, 0.3) is 0 Å². The lowest BCUT2D eigenvalue weighted by atomic mass is 9.77. The lowest BCUT2D eigenvalue weighted by Gasteiger charge is -2.36. The van der Waals surface area contributed by atoms with E-state index in [1.807, 2.05) is 0 Å². The van der Waals surface area contributed by atoms with E-state index < -0.39 is 34.7 Å². The Bertz CT molecular complexity index is 401. The first kappa shape index (κ1) is 18.8. The second-order valence-electron chi connectivity index (χ2n) is 7.28. The summed E-state index contributed by atoms with van der Waals surface area (Å²) in [5, 5.41) is 20.9. The minimum absolute atomic E-state index is 0.188. The molecular formula is C15H28N2O5. The van der Waals surface area contributed by atoms with Crippen molar-refractivity contribution in [3.63, 3.8) is 0 Å². The maximum atomic E-state index is 12.4. The molecule has 1 saturated carbocycles. The van der Waals surface area contributed by atoms with Crippen molar-refractivity contribution in [2.75, 3.05) is 6.54 Å². The van der Waals surface area contributed by atoms with Gasteiger partial charge in [-0.05, 0) is 33.1 Å². The lowest BCUT2D eigenvalue weighted by molar-refractivity contribution is -0.492. The molecule has 22 heavy (non-hydrogen) atoms. The molecule has 7 nitrogen and oxygen atoms in total. The van der Waals surface area contributed by atoms with Gasteiger partial charge in [-0.2, -0.15) is 0 Å².